The second-order valence-corrected chi connectivity index (χ2v) is 6.20. The maximum atomic E-state index is 12.0. The van der Waals surface area contributed by atoms with E-state index in [4.69, 9.17) is 0 Å². The summed E-state index contributed by atoms with van der Waals surface area (Å²) < 4.78 is 0. The van der Waals surface area contributed by atoms with E-state index in [1.165, 1.54) is 12.8 Å². The van der Waals surface area contributed by atoms with Crippen molar-refractivity contribution < 1.29 is 4.79 Å². The van der Waals surface area contributed by atoms with E-state index in [0.29, 0.717) is 0 Å². The van der Waals surface area contributed by atoms with Gasteiger partial charge in [0.25, 0.3) is 0 Å². The van der Waals surface area contributed by atoms with Crippen LogP contribution in [0.4, 0.5) is 0 Å². The third kappa shape index (κ3) is 4.66. The van der Waals surface area contributed by atoms with Crippen LogP contribution in [0.25, 0.3) is 0 Å². The third-order valence-corrected chi connectivity index (χ3v) is 3.71. The molecule has 0 aromatic rings. The summed E-state index contributed by atoms with van der Waals surface area (Å²) in [7, 11) is 1.70. The largest absolute Gasteiger partial charge is 0.358 e. The van der Waals surface area contributed by atoms with Crippen molar-refractivity contribution in [3.8, 4) is 0 Å². The molecule has 2 N–H and O–H groups in total. The molecule has 0 aromatic heterocycles. The predicted molar refractivity (Wildman–Crippen MR) is 74.0 cm³/mol. The van der Waals surface area contributed by atoms with Gasteiger partial charge >= 0.3 is 0 Å². The molecule has 3 nitrogen and oxygen atoms in total. The van der Waals surface area contributed by atoms with Crippen LogP contribution in [0.5, 0.6) is 0 Å². The first-order valence-electron chi connectivity index (χ1n) is 6.67. The number of amides is 1. The lowest BCUT2D eigenvalue weighted by Gasteiger charge is -2.36. The molecule has 0 aromatic carbocycles. The predicted octanol–water partition coefficient (Wildman–Crippen LogP) is 2.56. The van der Waals surface area contributed by atoms with Crippen molar-refractivity contribution in [2.45, 2.75) is 59.9 Å². The van der Waals surface area contributed by atoms with Gasteiger partial charge in [0.1, 0.15) is 0 Å². The van der Waals surface area contributed by atoms with Crippen LogP contribution >= 0.6 is 0 Å². The van der Waals surface area contributed by atoms with Crippen LogP contribution in [-0.2, 0) is 4.79 Å². The van der Waals surface area contributed by atoms with Gasteiger partial charge in [0.15, 0.2) is 0 Å². The molecular weight excluding hydrogens is 212 g/mol. The van der Waals surface area contributed by atoms with Crippen molar-refractivity contribution >= 4 is 5.91 Å². The highest BCUT2D eigenvalue weighted by Gasteiger charge is 2.36. The molecule has 3 heteroatoms. The van der Waals surface area contributed by atoms with Crippen LogP contribution < -0.4 is 10.6 Å². The Bertz CT molecular complexity index is 249. The van der Waals surface area contributed by atoms with E-state index in [1.807, 2.05) is 6.92 Å². The Morgan fingerprint density at radius 1 is 1.24 bits per heavy atom. The van der Waals surface area contributed by atoms with Gasteiger partial charge in [-0.1, -0.05) is 41.0 Å². The first-order valence-corrected chi connectivity index (χ1v) is 6.67. The molecule has 1 amide bonds. The van der Waals surface area contributed by atoms with Crippen LogP contribution in [0.2, 0.25) is 0 Å². The molecule has 0 aliphatic heterocycles. The lowest BCUT2D eigenvalue weighted by molar-refractivity contribution is -0.128. The van der Waals surface area contributed by atoms with E-state index in [1.54, 1.807) is 7.05 Å². The molecular formula is C14H30N2O. The zero-order valence-corrected chi connectivity index (χ0v) is 12.6. The molecule has 102 valence electrons. The minimum absolute atomic E-state index is 0.0693. The van der Waals surface area contributed by atoms with Gasteiger partial charge in [0.05, 0.1) is 5.54 Å². The number of hydrogen-bond acceptors (Lipinski definition) is 2. The Morgan fingerprint density at radius 2 is 1.76 bits per heavy atom. The van der Waals surface area contributed by atoms with Crippen molar-refractivity contribution in [3.63, 3.8) is 0 Å². The van der Waals surface area contributed by atoms with Gasteiger partial charge in [-0.05, 0) is 24.7 Å². The second kappa shape index (κ2) is 6.39. The fraction of sp³-hybridized carbons (Fsp3) is 0.929. The van der Waals surface area contributed by atoms with Crippen LogP contribution in [0.3, 0.4) is 0 Å². The maximum absolute atomic E-state index is 12.0. The van der Waals surface area contributed by atoms with Gasteiger partial charge in [-0.2, -0.15) is 0 Å². The normalized spacial score (nSPS) is 15.8. The van der Waals surface area contributed by atoms with Gasteiger partial charge in [-0.15, -0.1) is 0 Å². The summed E-state index contributed by atoms with van der Waals surface area (Å²) in [6, 6.07) is 0. The SMILES string of the molecule is CCCC(C)(C)CNC(C)(C(=O)NC)C(C)C. The molecule has 0 radical (unpaired) electrons. The van der Waals surface area contributed by atoms with E-state index in [2.05, 4.69) is 45.3 Å². The Morgan fingerprint density at radius 3 is 2.12 bits per heavy atom. The van der Waals surface area contributed by atoms with Crippen molar-refractivity contribution in [3.05, 3.63) is 0 Å². The smallest absolute Gasteiger partial charge is 0.240 e. The molecule has 0 spiro atoms. The lowest BCUT2D eigenvalue weighted by atomic mass is 9.83. The number of hydrogen-bond donors (Lipinski definition) is 2. The average Bonchev–Trinajstić information content (AvgIpc) is 2.24. The fourth-order valence-corrected chi connectivity index (χ4v) is 1.99. The minimum Gasteiger partial charge on any atom is -0.358 e. The summed E-state index contributed by atoms with van der Waals surface area (Å²) in [5.74, 6) is 0.333. The summed E-state index contributed by atoms with van der Waals surface area (Å²) in [5, 5.41) is 6.21. The van der Waals surface area contributed by atoms with Crippen molar-refractivity contribution in [2.75, 3.05) is 13.6 Å². The molecule has 0 aliphatic carbocycles. The highest BCUT2D eigenvalue weighted by molar-refractivity contribution is 5.85. The highest BCUT2D eigenvalue weighted by atomic mass is 16.2. The molecule has 0 saturated heterocycles. The quantitative estimate of drug-likeness (QED) is 0.720. The molecule has 1 atom stereocenters. The highest BCUT2D eigenvalue weighted by Crippen LogP contribution is 2.24. The Labute approximate surface area is 107 Å². The van der Waals surface area contributed by atoms with Crippen molar-refractivity contribution in [1.82, 2.24) is 10.6 Å². The topological polar surface area (TPSA) is 41.1 Å². The third-order valence-electron chi connectivity index (χ3n) is 3.71. The van der Waals surface area contributed by atoms with Crippen LogP contribution in [-0.4, -0.2) is 25.0 Å². The zero-order valence-electron chi connectivity index (χ0n) is 12.6. The Kier molecular flexibility index (Phi) is 6.17. The number of carbonyl (C=O) groups is 1. The molecule has 0 bridgehead atoms. The number of rotatable bonds is 7. The van der Waals surface area contributed by atoms with Crippen LogP contribution in [0.1, 0.15) is 54.4 Å². The molecule has 0 fully saturated rings. The lowest BCUT2D eigenvalue weighted by Crippen LogP contribution is -2.59. The van der Waals surface area contributed by atoms with Crippen LogP contribution in [0.15, 0.2) is 0 Å². The molecule has 0 saturated carbocycles. The Balaban J connectivity index is 4.63. The molecule has 17 heavy (non-hydrogen) atoms. The maximum Gasteiger partial charge on any atom is 0.240 e. The van der Waals surface area contributed by atoms with Crippen molar-refractivity contribution in [2.24, 2.45) is 11.3 Å². The van der Waals surface area contributed by atoms with Gasteiger partial charge in [0, 0.05) is 13.6 Å². The fourth-order valence-electron chi connectivity index (χ4n) is 1.99. The van der Waals surface area contributed by atoms with E-state index in [9.17, 15) is 4.79 Å². The first kappa shape index (κ1) is 16.4. The van der Waals surface area contributed by atoms with E-state index in [-0.39, 0.29) is 17.2 Å². The van der Waals surface area contributed by atoms with Gasteiger partial charge < -0.3 is 10.6 Å². The first-order chi connectivity index (χ1) is 7.69. The average molecular weight is 242 g/mol. The standard InChI is InChI=1S/C14H30N2O/c1-8-9-13(4,5)10-16-14(6,11(2)3)12(17)15-7/h11,16H,8-10H2,1-7H3,(H,15,17). The van der Waals surface area contributed by atoms with Crippen LogP contribution in [0, 0.1) is 11.3 Å². The second-order valence-electron chi connectivity index (χ2n) is 6.20. The van der Waals surface area contributed by atoms with Gasteiger partial charge in [-0.3, -0.25) is 4.79 Å². The van der Waals surface area contributed by atoms with E-state index in [0.717, 1.165) is 6.54 Å². The summed E-state index contributed by atoms with van der Waals surface area (Å²) in [5.41, 5.74) is -0.251. The molecule has 0 aliphatic rings. The van der Waals surface area contributed by atoms with Gasteiger partial charge in [0.2, 0.25) is 5.91 Å². The van der Waals surface area contributed by atoms with Crippen molar-refractivity contribution in [1.29, 1.82) is 0 Å². The summed E-state index contributed by atoms with van der Waals surface area (Å²) in [4.78, 5) is 12.0. The summed E-state index contributed by atoms with van der Waals surface area (Å²) in [6.45, 7) is 13.7. The number of carbonyl (C=O) groups excluding carboxylic acids is 1. The molecule has 0 heterocycles. The van der Waals surface area contributed by atoms with E-state index >= 15 is 0 Å². The molecule has 0 rings (SSSR count). The molecule has 1 unspecified atom stereocenters. The minimum atomic E-state index is -0.486. The van der Waals surface area contributed by atoms with Gasteiger partial charge in [-0.25, -0.2) is 0 Å². The number of likely N-dealkylation sites (N-methyl/N-ethyl adjacent to an activating group) is 1. The van der Waals surface area contributed by atoms with E-state index < -0.39 is 5.54 Å². The monoisotopic (exact) mass is 242 g/mol. The number of nitrogens with one attached hydrogen (secondary N) is 2. The summed E-state index contributed by atoms with van der Waals surface area (Å²) in [6.07, 6.45) is 2.34. The Hall–Kier alpha value is -0.570. The zero-order chi connectivity index (χ0) is 13.7. The summed E-state index contributed by atoms with van der Waals surface area (Å²) >= 11 is 0.